The number of imidazole rings is 1. The number of carbonyl (C=O) groups is 1. The number of rotatable bonds is 5. The van der Waals surface area contributed by atoms with Crippen molar-refractivity contribution in [3.05, 3.63) is 17.2 Å². The van der Waals surface area contributed by atoms with Crippen LogP contribution in [0.2, 0.25) is 0 Å². The molecule has 0 atom stereocenters. The monoisotopic (exact) mass is 374 g/mol. The van der Waals surface area contributed by atoms with Crippen LogP contribution >= 0.6 is 0 Å². The number of fused-ring (bicyclic) bond motifs is 1. The maximum absolute atomic E-state index is 13.2. The van der Waals surface area contributed by atoms with Crippen molar-refractivity contribution in [3.63, 3.8) is 0 Å². The molecule has 1 N–H and O–H groups in total. The number of amides is 2. The second-order valence-electron chi connectivity index (χ2n) is 6.91. The summed E-state index contributed by atoms with van der Waals surface area (Å²) in [6.07, 6.45) is -0.608. The van der Waals surface area contributed by atoms with Gasteiger partial charge >= 0.3 is 12.2 Å². The summed E-state index contributed by atoms with van der Waals surface area (Å²) < 4.78 is 46.3. The van der Waals surface area contributed by atoms with E-state index in [0.29, 0.717) is 37.4 Å². The maximum Gasteiger partial charge on any atom is 0.449 e. The van der Waals surface area contributed by atoms with Gasteiger partial charge in [-0.25, -0.2) is 9.78 Å². The average Bonchev–Trinajstić information content (AvgIpc) is 2.94. The fourth-order valence-electron chi connectivity index (χ4n) is 3.65. The van der Waals surface area contributed by atoms with E-state index < -0.39 is 12.0 Å². The molecule has 0 spiro atoms. The van der Waals surface area contributed by atoms with Gasteiger partial charge in [0.05, 0.1) is 18.3 Å². The van der Waals surface area contributed by atoms with Crippen LogP contribution in [0.25, 0.3) is 0 Å². The average molecular weight is 374 g/mol. The van der Waals surface area contributed by atoms with Crippen LogP contribution in [-0.2, 0) is 30.4 Å². The maximum atomic E-state index is 13.2. The van der Waals surface area contributed by atoms with Gasteiger partial charge in [0.2, 0.25) is 5.82 Å². The Morgan fingerprint density at radius 1 is 1.38 bits per heavy atom. The van der Waals surface area contributed by atoms with E-state index in [1.165, 1.54) is 4.57 Å². The van der Waals surface area contributed by atoms with Crippen molar-refractivity contribution in [3.8, 4) is 0 Å². The Kier molecular flexibility index (Phi) is 5.45. The molecule has 2 aliphatic rings. The van der Waals surface area contributed by atoms with Crippen LogP contribution in [0.1, 0.15) is 49.8 Å². The van der Waals surface area contributed by atoms with Crippen molar-refractivity contribution >= 4 is 6.03 Å². The number of carbonyl (C=O) groups excluding carboxylic acids is 1. The van der Waals surface area contributed by atoms with E-state index in [1.54, 1.807) is 11.9 Å². The summed E-state index contributed by atoms with van der Waals surface area (Å²) in [5, 5.41) is 2.71. The Morgan fingerprint density at radius 2 is 2.12 bits per heavy atom. The zero-order valence-electron chi connectivity index (χ0n) is 15.1. The van der Waals surface area contributed by atoms with Gasteiger partial charge in [0.1, 0.15) is 0 Å². The zero-order chi connectivity index (χ0) is 18.9. The normalized spacial score (nSPS) is 22.5. The third kappa shape index (κ3) is 3.82. The van der Waals surface area contributed by atoms with Crippen molar-refractivity contribution in [1.29, 1.82) is 0 Å². The van der Waals surface area contributed by atoms with Crippen LogP contribution in [0.5, 0.6) is 0 Å². The zero-order valence-corrected chi connectivity index (χ0v) is 15.1. The van der Waals surface area contributed by atoms with Crippen molar-refractivity contribution in [2.24, 2.45) is 0 Å². The number of halogens is 3. The molecule has 2 heterocycles. The van der Waals surface area contributed by atoms with E-state index in [0.717, 1.165) is 19.3 Å². The highest BCUT2D eigenvalue weighted by Gasteiger charge is 2.39. The molecule has 0 aromatic carbocycles. The highest BCUT2D eigenvalue weighted by molar-refractivity contribution is 5.74. The minimum absolute atomic E-state index is 0.0101. The van der Waals surface area contributed by atoms with Crippen LogP contribution in [-0.4, -0.2) is 46.3 Å². The molecule has 0 radical (unpaired) electrons. The Balaban J connectivity index is 1.61. The first-order valence-corrected chi connectivity index (χ1v) is 9.09. The molecule has 146 valence electrons. The third-order valence-electron chi connectivity index (χ3n) is 5.20. The third-order valence-corrected chi connectivity index (χ3v) is 5.20. The number of nitrogens with zero attached hydrogens (tertiary/aromatic N) is 3. The van der Waals surface area contributed by atoms with Crippen molar-refractivity contribution in [2.75, 3.05) is 13.7 Å². The molecule has 1 saturated carbocycles. The Bertz CT molecular complexity index is 653. The number of aromatic nitrogens is 2. The highest BCUT2D eigenvalue weighted by Crippen LogP contribution is 2.33. The van der Waals surface area contributed by atoms with Crippen molar-refractivity contribution in [2.45, 2.75) is 70.4 Å². The fourth-order valence-corrected chi connectivity index (χ4v) is 3.65. The molecule has 1 aliphatic carbocycles. The number of urea groups is 1. The van der Waals surface area contributed by atoms with Crippen molar-refractivity contribution < 1.29 is 22.7 Å². The molecule has 2 amide bonds. The molecular weight excluding hydrogens is 349 g/mol. The quantitative estimate of drug-likeness (QED) is 0.862. The SMILES string of the molecule is CCOC1CC(N(C)C(=O)NCc2nc(C(F)(F)F)n3c2CCCC3)C1. The molecule has 3 rings (SSSR count). The van der Waals surface area contributed by atoms with Gasteiger partial charge in [-0.3, -0.25) is 0 Å². The van der Waals surface area contributed by atoms with E-state index in [1.807, 2.05) is 6.92 Å². The van der Waals surface area contributed by atoms with E-state index >= 15 is 0 Å². The number of hydrogen-bond donors (Lipinski definition) is 1. The van der Waals surface area contributed by atoms with Gasteiger partial charge in [-0.2, -0.15) is 13.2 Å². The molecule has 1 fully saturated rings. The minimum atomic E-state index is -4.48. The van der Waals surface area contributed by atoms with Gasteiger partial charge in [0, 0.05) is 31.9 Å². The summed E-state index contributed by atoms with van der Waals surface area (Å²) in [7, 11) is 1.70. The summed E-state index contributed by atoms with van der Waals surface area (Å²) in [4.78, 5) is 17.7. The molecule has 1 aromatic rings. The highest BCUT2D eigenvalue weighted by atomic mass is 19.4. The van der Waals surface area contributed by atoms with E-state index in [4.69, 9.17) is 4.74 Å². The topological polar surface area (TPSA) is 59.4 Å². The van der Waals surface area contributed by atoms with Gasteiger partial charge in [-0.1, -0.05) is 0 Å². The Morgan fingerprint density at radius 3 is 2.77 bits per heavy atom. The summed E-state index contributed by atoms with van der Waals surface area (Å²) >= 11 is 0. The van der Waals surface area contributed by atoms with Gasteiger partial charge in [0.15, 0.2) is 0 Å². The second kappa shape index (κ2) is 7.46. The van der Waals surface area contributed by atoms with Crippen LogP contribution < -0.4 is 5.32 Å². The summed E-state index contributed by atoms with van der Waals surface area (Å²) in [6, 6.07) is -0.190. The first-order chi connectivity index (χ1) is 12.3. The van der Waals surface area contributed by atoms with E-state index in [2.05, 4.69) is 10.3 Å². The molecule has 0 saturated heterocycles. The van der Waals surface area contributed by atoms with Gasteiger partial charge in [0.25, 0.3) is 0 Å². The van der Waals surface area contributed by atoms with Crippen LogP contribution in [0.4, 0.5) is 18.0 Å². The first-order valence-electron chi connectivity index (χ1n) is 9.09. The molecule has 1 aromatic heterocycles. The van der Waals surface area contributed by atoms with Crippen LogP contribution in [0, 0.1) is 0 Å². The Hall–Kier alpha value is -1.77. The largest absolute Gasteiger partial charge is 0.449 e. The molecule has 9 heteroatoms. The predicted molar refractivity (Wildman–Crippen MR) is 88.6 cm³/mol. The summed E-state index contributed by atoms with van der Waals surface area (Å²) in [5.74, 6) is -0.858. The minimum Gasteiger partial charge on any atom is -0.378 e. The molecule has 6 nitrogen and oxygen atoms in total. The molecule has 1 aliphatic heterocycles. The van der Waals surface area contributed by atoms with Crippen LogP contribution in [0.3, 0.4) is 0 Å². The molecule has 0 bridgehead atoms. The number of hydrogen-bond acceptors (Lipinski definition) is 3. The smallest absolute Gasteiger partial charge is 0.378 e. The predicted octanol–water partition coefficient (Wildman–Crippen LogP) is 2.95. The van der Waals surface area contributed by atoms with Crippen LogP contribution in [0.15, 0.2) is 0 Å². The second-order valence-corrected chi connectivity index (χ2v) is 6.91. The number of alkyl halides is 3. The lowest BCUT2D eigenvalue weighted by atomic mass is 9.88. The van der Waals surface area contributed by atoms with Gasteiger partial charge < -0.3 is 19.5 Å². The van der Waals surface area contributed by atoms with Gasteiger partial charge in [-0.15, -0.1) is 0 Å². The lowest BCUT2D eigenvalue weighted by Crippen LogP contribution is -2.51. The summed E-state index contributed by atoms with van der Waals surface area (Å²) in [5.41, 5.74) is 0.908. The molecular formula is C17H25F3N4O2. The Labute approximate surface area is 150 Å². The fraction of sp³-hybridized carbons (Fsp3) is 0.765. The number of ether oxygens (including phenoxy) is 1. The van der Waals surface area contributed by atoms with E-state index in [9.17, 15) is 18.0 Å². The molecule has 0 unspecified atom stereocenters. The first kappa shape index (κ1) is 19.0. The number of nitrogens with one attached hydrogen (secondary N) is 1. The molecule has 26 heavy (non-hydrogen) atoms. The standard InChI is InChI=1S/C17H25F3N4O2/c1-3-26-12-8-11(9-12)23(2)16(25)21-10-13-14-6-4-5-7-24(14)15(22-13)17(18,19)20/h11-12H,3-10H2,1-2H3,(H,21,25). The lowest BCUT2D eigenvalue weighted by molar-refractivity contribution is -0.147. The van der Waals surface area contributed by atoms with E-state index in [-0.39, 0.29) is 24.7 Å². The summed E-state index contributed by atoms with van der Waals surface area (Å²) in [6.45, 7) is 2.92. The van der Waals surface area contributed by atoms with Crippen molar-refractivity contribution in [1.82, 2.24) is 19.8 Å². The van der Waals surface area contributed by atoms with Gasteiger partial charge in [-0.05, 0) is 39.0 Å². The lowest BCUT2D eigenvalue weighted by Gasteiger charge is -2.40.